The van der Waals surface area contributed by atoms with Crippen LogP contribution in [0.4, 0.5) is 26.3 Å². The molecule has 0 atom stereocenters. The number of benzene rings is 2. The van der Waals surface area contributed by atoms with E-state index < -0.39 is 52.7 Å². The molecule has 0 heterocycles. The Balaban J connectivity index is 1.72. The monoisotopic (exact) mass is 474 g/mol. The Labute approximate surface area is 189 Å². The average molecular weight is 474 g/mol. The van der Waals surface area contributed by atoms with E-state index in [2.05, 4.69) is 11.7 Å². The molecule has 0 aliphatic heterocycles. The van der Waals surface area contributed by atoms with Crippen molar-refractivity contribution in [3.63, 3.8) is 0 Å². The fourth-order valence-corrected chi connectivity index (χ4v) is 4.34. The predicted octanol–water partition coefficient (Wildman–Crippen LogP) is 8.28. The predicted molar refractivity (Wildman–Crippen MR) is 113 cm³/mol. The van der Waals surface area contributed by atoms with E-state index in [0.717, 1.165) is 56.4 Å². The number of hydrogen-bond donors (Lipinski definition) is 0. The van der Waals surface area contributed by atoms with Crippen LogP contribution in [0.15, 0.2) is 24.3 Å². The molecular formula is C25H28F6O2. The second kappa shape index (κ2) is 10.7. The van der Waals surface area contributed by atoms with Crippen molar-refractivity contribution in [1.82, 2.24) is 0 Å². The second-order valence-electron chi connectivity index (χ2n) is 8.48. The molecule has 2 nitrogen and oxygen atoms in total. The van der Waals surface area contributed by atoms with Crippen molar-refractivity contribution in [2.24, 2.45) is 11.8 Å². The lowest BCUT2D eigenvalue weighted by Crippen LogP contribution is -2.27. The van der Waals surface area contributed by atoms with Gasteiger partial charge in [0.15, 0.2) is 23.1 Å². The highest BCUT2D eigenvalue weighted by Gasteiger charge is 2.35. The van der Waals surface area contributed by atoms with Crippen molar-refractivity contribution < 1.29 is 35.8 Å². The van der Waals surface area contributed by atoms with Gasteiger partial charge in [0, 0.05) is 11.1 Å². The maximum atomic E-state index is 14.6. The second-order valence-corrected chi connectivity index (χ2v) is 8.48. The molecule has 182 valence electrons. The fourth-order valence-electron chi connectivity index (χ4n) is 4.34. The SMILES string of the molecule is CCOc1ccc(-c2ccc(OC(F)(F)CCC3CCC(CC)CC3)c(F)c2F)c(F)c1F. The fraction of sp³-hybridized carbons (Fsp3) is 0.520. The minimum Gasteiger partial charge on any atom is -0.491 e. The van der Waals surface area contributed by atoms with Crippen LogP contribution in [0.1, 0.15) is 58.8 Å². The standard InChI is InChI=1S/C25H28F6O2/c1-3-15-5-7-16(8-6-15)13-14-25(30,31)33-20-12-10-18(22(27)24(20)29)17-9-11-19(32-4-2)23(28)21(17)26/h9-12,15-16H,3-8,13-14H2,1-2H3. The minimum absolute atomic E-state index is 0.0823. The van der Waals surface area contributed by atoms with Gasteiger partial charge in [-0.15, -0.1) is 0 Å². The highest BCUT2D eigenvalue weighted by molar-refractivity contribution is 5.67. The van der Waals surface area contributed by atoms with E-state index in [9.17, 15) is 26.3 Å². The lowest BCUT2D eigenvalue weighted by Gasteiger charge is -2.29. The van der Waals surface area contributed by atoms with Crippen LogP contribution >= 0.6 is 0 Å². The molecule has 1 saturated carbocycles. The van der Waals surface area contributed by atoms with Crippen molar-refractivity contribution in [1.29, 1.82) is 0 Å². The Morgan fingerprint density at radius 2 is 1.27 bits per heavy atom. The van der Waals surface area contributed by atoms with Crippen molar-refractivity contribution in [3.05, 3.63) is 47.5 Å². The summed E-state index contributed by atoms with van der Waals surface area (Å²) in [6.07, 6.45) is 0.771. The highest BCUT2D eigenvalue weighted by atomic mass is 19.3. The largest absolute Gasteiger partial charge is 0.491 e. The molecule has 33 heavy (non-hydrogen) atoms. The summed E-state index contributed by atoms with van der Waals surface area (Å²) in [4.78, 5) is 0. The zero-order valence-electron chi connectivity index (χ0n) is 18.7. The lowest BCUT2D eigenvalue weighted by molar-refractivity contribution is -0.185. The average Bonchev–Trinajstić information content (AvgIpc) is 2.80. The third kappa shape index (κ3) is 5.95. The van der Waals surface area contributed by atoms with Crippen LogP contribution in [0.25, 0.3) is 11.1 Å². The first-order valence-electron chi connectivity index (χ1n) is 11.3. The van der Waals surface area contributed by atoms with Gasteiger partial charge in [0.05, 0.1) is 13.0 Å². The maximum absolute atomic E-state index is 14.6. The Hall–Kier alpha value is -2.38. The molecule has 2 aromatic carbocycles. The van der Waals surface area contributed by atoms with E-state index in [0.29, 0.717) is 5.92 Å². The van der Waals surface area contributed by atoms with E-state index in [1.165, 1.54) is 0 Å². The first kappa shape index (κ1) is 25.2. The molecular weight excluding hydrogens is 446 g/mol. The first-order chi connectivity index (χ1) is 15.7. The van der Waals surface area contributed by atoms with Crippen molar-refractivity contribution in [3.8, 4) is 22.6 Å². The van der Waals surface area contributed by atoms with Crippen LogP contribution in [-0.2, 0) is 0 Å². The number of hydrogen-bond acceptors (Lipinski definition) is 2. The summed E-state index contributed by atoms with van der Waals surface area (Å²) >= 11 is 0. The molecule has 1 aliphatic rings. The molecule has 0 aromatic heterocycles. The molecule has 0 bridgehead atoms. The van der Waals surface area contributed by atoms with Gasteiger partial charge >= 0.3 is 6.11 Å². The van der Waals surface area contributed by atoms with E-state index >= 15 is 0 Å². The van der Waals surface area contributed by atoms with E-state index in [4.69, 9.17) is 4.74 Å². The van der Waals surface area contributed by atoms with Crippen molar-refractivity contribution in [2.75, 3.05) is 6.61 Å². The molecule has 1 fully saturated rings. The van der Waals surface area contributed by atoms with Crippen molar-refractivity contribution in [2.45, 2.75) is 64.9 Å². The summed E-state index contributed by atoms with van der Waals surface area (Å²) in [5.74, 6) is -6.64. The van der Waals surface area contributed by atoms with E-state index in [-0.39, 0.29) is 24.7 Å². The highest BCUT2D eigenvalue weighted by Crippen LogP contribution is 2.38. The minimum atomic E-state index is -3.69. The summed E-state index contributed by atoms with van der Waals surface area (Å²) in [6, 6.07) is 3.79. The van der Waals surface area contributed by atoms with Gasteiger partial charge in [0.1, 0.15) is 0 Å². The van der Waals surface area contributed by atoms with Gasteiger partial charge in [-0.2, -0.15) is 17.6 Å². The summed E-state index contributed by atoms with van der Waals surface area (Å²) in [5, 5.41) is 0. The van der Waals surface area contributed by atoms with Gasteiger partial charge < -0.3 is 9.47 Å². The van der Waals surface area contributed by atoms with Gasteiger partial charge in [-0.1, -0.05) is 39.0 Å². The van der Waals surface area contributed by atoms with Gasteiger partial charge in [-0.3, -0.25) is 0 Å². The Bertz CT molecular complexity index is 954. The Morgan fingerprint density at radius 3 is 1.82 bits per heavy atom. The van der Waals surface area contributed by atoms with Crippen molar-refractivity contribution >= 4 is 0 Å². The number of ether oxygens (including phenoxy) is 2. The number of alkyl halides is 2. The van der Waals surface area contributed by atoms with Crippen LogP contribution in [0.5, 0.6) is 11.5 Å². The summed E-state index contributed by atoms with van der Waals surface area (Å²) < 4.78 is 95.7. The normalized spacial score (nSPS) is 18.9. The molecule has 0 saturated heterocycles. The third-order valence-electron chi connectivity index (χ3n) is 6.33. The van der Waals surface area contributed by atoms with Crippen LogP contribution in [0, 0.1) is 35.1 Å². The number of halogens is 6. The molecule has 2 aromatic rings. The quantitative estimate of drug-likeness (QED) is 0.341. The summed E-state index contributed by atoms with van der Waals surface area (Å²) in [5.41, 5.74) is -1.18. The smallest absolute Gasteiger partial charge is 0.397 e. The van der Waals surface area contributed by atoms with Gasteiger partial charge in [-0.05, 0) is 49.4 Å². The topological polar surface area (TPSA) is 18.5 Å². The van der Waals surface area contributed by atoms with Crippen LogP contribution in [0.2, 0.25) is 0 Å². The van der Waals surface area contributed by atoms with E-state index in [1.54, 1.807) is 6.92 Å². The lowest BCUT2D eigenvalue weighted by atomic mass is 9.79. The van der Waals surface area contributed by atoms with Crippen LogP contribution in [0.3, 0.4) is 0 Å². The maximum Gasteiger partial charge on any atom is 0.397 e. The molecule has 8 heteroatoms. The zero-order chi connectivity index (χ0) is 24.2. The molecule has 1 aliphatic carbocycles. The molecule has 0 amide bonds. The summed E-state index contributed by atoms with van der Waals surface area (Å²) in [6.45, 7) is 3.78. The molecule has 3 rings (SSSR count). The van der Waals surface area contributed by atoms with Gasteiger partial charge in [0.25, 0.3) is 0 Å². The van der Waals surface area contributed by atoms with Gasteiger partial charge in [-0.25, -0.2) is 8.78 Å². The Kier molecular flexibility index (Phi) is 8.19. The van der Waals surface area contributed by atoms with Gasteiger partial charge in [0.2, 0.25) is 11.6 Å². The Morgan fingerprint density at radius 1 is 0.758 bits per heavy atom. The first-order valence-corrected chi connectivity index (χ1v) is 11.3. The molecule has 0 radical (unpaired) electrons. The van der Waals surface area contributed by atoms with E-state index in [1.807, 2.05) is 0 Å². The van der Waals surface area contributed by atoms with Crippen LogP contribution in [-0.4, -0.2) is 12.7 Å². The zero-order valence-corrected chi connectivity index (χ0v) is 18.7. The third-order valence-corrected chi connectivity index (χ3v) is 6.33. The molecule has 0 unspecified atom stereocenters. The van der Waals surface area contributed by atoms with Crippen LogP contribution < -0.4 is 9.47 Å². The summed E-state index contributed by atoms with van der Waals surface area (Å²) in [7, 11) is 0. The molecule has 0 N–H and O–H groups in total. The molecule has 0 spiro atoms. The number of rotatable bonds is 9.